The van der Waals surface area contributed by atoms with Crippen LogP contribution in [-0.4, -0.2) is 91.2 Å². The number of benzene rings is 1. The molecule has 0 saturated carbocycles. The van der Waals surface area contributed by atoms with Gasteiger partial charge in [-0.05, 0) is 43.7 Å². The molecule has 41 heavy (non-hydrogen) atoms. The number of ether oxygens (including phenoxy) is 2. The highest BCUT2D eigenvalue weighted by Gasteiger charge is 2.75. The van der Waals surface area contributed by atoms with Crippen molar-refractivity contribution in [2.45, 2.75) is 70.0 Å². The zero-order chi connectivity index (χ0) is 29.3. The van der Waals surface area contributed by atoms with E-state index in [0.29, 0.717) is 31.2 Å². The molecule has 3 aliphatic heterocycles. The maximum absolute atomic E-state index is 14.6. The molecular weight excluding hydrogens is 526 g/mol. The van der Waals surface area contributed by atoms with Crippen molar-refractivity contribution in [3.63, 3.8) is 0 Å². The second-order valence-corrected chi connectivity index (χ2v) is 11.6. The van der Waals surface area contributed by atoms with E-state index in [9.17, 15) is 19.5 Å². The first-order chi connectivity index (χ1) is 19.8. The van der Waals surface area contributed by atoms with Gasteiger partial charge in [-0.25, -0.2) is 4.68 Å². The number of aromatic nitrogens is 3. The van der Waals surface area contributed by atoms with Crippen LogP contribution in [0.4, 0.5) is 0 Å². The lowest BCUT2D eigenvalue weighted by atomic mass is 9.70. The third-order valence-corrected chi connectivity index (χ3v) is 8.54. The van der Waals surface area contributed by atoms with E-state index in [1.165, 1.54) is 4.90 Å². The normalized spacial score (nSPS) is 27.3. The Bertz CT molecular complexity index is 1330. The van der Waals surface area contributed by atoms with Crippen molar-refractivity contribution in [3.8, 4) is 0 Å². The van der Waals surface area contributed by atoms with E-state index < -0.39 is 41.6 Å². The number of esters is 1. The molecule has 5 rings (SSSR count). The van der Waals surface area contributed by atoms with Crippen molar-refractivity contribution in [2.75, 3.05) is 19.8 Å². The van der Waals surface area contributed by atoms with Crippen molar-refractivity contribution in [1.29, 1.82) is 0 Å². The Hall–Kier alpha value is -3.57. The summed E-state index contributed by atoms with van der Waals surface area (Å²) in [6.45, 7) is 11.6. The van der Waals surface area contributed by atoms with Crippen LogP contribution in [0, 0.1) is 17.8 Å². The number of carbonyl (C=O) groups excluding carboxylic acids is 3. The summed E-state index contributed by atoms with van der Waals surface area (Å²) in [7, 11) is 0. The maximum Gasteiger partial charge on any atom is 0.312 e. The van der Waals surface area contributed by atoms with Gasteiger partial charge in [-0.3, -0.25) is 14.4 Å². The number of carbonyl (C=O) groups is 3. The van der Waals surface area contributed by atoms with E-state index in [1.807, 2.05) is 38.1 Å². The van der Waals surface area contributed by atoms with Crippen LogP contribution in [0.5, 0.6) is 0 Å². The van der Waals surface area contributed by atoms with Gasteiger partial charge in [0.2, 0.25) is 11.8 Å². The number of amides is 2. The highest BCUT2D eigenvalue weighted by Crippen LogP contribution is 2.59. The molecule has 220 valence electrons. The van der Waals surface area contributed by atoms with Gasteiger partial charge in [-0.1, -0.05) is 43.3 Å². The molecule has 2 aromatic rings. The predicted molar refractivity (Wildman–Crippen MR) is 150 cm³/mol. The first-order valence-corrected chi connectivity index (χ1v) is 14.3. The van der Waals surface area contributed by atoms with E-state index in [0.717, 1.165) is 5.52 Å². The minimum atomic E-state index is -1.20. The van der Waals surface area contributed by atoms with Crippen LogP contribution in [0.2, 0.25) is 0 Å². The van der Waals surface area contributed by atoms with Gasteiger partial charge in [0.25, 0.3) is 0 Å². The summed E-state index contributed by atoms with van der Waals surface area (Å²) in [4.78, 5) is 45.3. The molecule has 11 heteroatoms. The van der Waals surface area contributed by atoms with Crippen LogP contribution in [0.25, 0.3) is 11.0 Å². The van der Waals surface area contributed by atoms with E-state index in [2.05, 4.69) is 23.5 Å². The van der Waals surface area contributed by atoms with E-state index >= 15 is 0 Å². The molecule has 11 nitrogen and oxygen atoms in total. The quantitative estimate of drug-likeness (QED) is 0.223. The van der Waals surface area contributed by atoms with Gasteiger partial charge in [0, 0.05) is 6.54 Å². The van der Waals surface area contributed by atoms with Crippen molar-refractivity contribution >= 4 is 28.8 Å². The third-order valence-electron chi connectivity index (χ3n) is 8.54. The average Bonchev–Trinajstić information content (AvgIpc) is 3.70. The number of rotatable bonds is 13. The lowest BCUT2D eigenvalue weighted by molar-refractivity contribution is -0.157. The summed E-state index contributed by atoms with van der Waals surface area (Å²) < 4.78 is 13.7. The average molecular weight is 566 g/mol. The Labute approximate surface area is 239 Å². The third kappa shape index (κ3) is 4.95. The Morgan fingerprint density at radius 3 is 2.78 bits per heavy atom. The van der Waals surface area contributed by atoms with E-state index in [-0.39, 0.29) is 44.2 Å². The summed E-state index contributed by atoms with van der Waals surface area (Å²) in [6.07, 6.45) is 4.74. The molecule has 1 spiro atoms. The van der Waals surface area contributed by atoms with Crippen molar-refractivity contribution in [2.24, 2.45) is 17.8 Å². The fourth-order valence-electron chi connectivity index (χ4n) is 6.92. The maximum atomic E-state index is 14.6. The zero-order valence-electron chi connectivity index (χ0n) is 23.7. The molecule has 1 aromatic carbocycles. The molecule has 1 N–H and O–H groups in total. The second-order valence-electron chi connectivity index (χ2n) is 11.6. The Balaban J connectivity index is 1.53. The minimum Gasteiger partial charge on any atom is -0.465 e. The second kappa shape index (κ2) is 11.7. The standard InChI is InChI=1S/C30H39N5O6/c1-5-7-15-40-29(39)24-23-12-13-30(41-23)25(24)27(37)35(20(17-36)16-19(3)4)26(30)28(38)33(14-6-2)18-34-22-11-9-8-10-21(22)31-32-34/h5-6,8-11,19-20,23-26,36H,1-2,7,12-18H2,3-4H3/t20-,23+,24-,25+,26?,30?/m1/s1. The Kier molecular flexibility index (Phi) is 8.28. The summed E-state index contributed by atoms with van der Waals surface area (Å²) in [6, 6.07) is 5.82. The molecule has 6 atom stereocenters. The monoisotopic (exact) mass is 565 g/mol. The van der Waals surface area contributed by atoms with Crippen LogP contribution in [0.1, 0.15) is 39.5 Å². The molecule has 0 radical (unpaired) electrons. The number of hydrogen-bond donors (Lipinski definition) is 1. The topological polar surface area (TPSA) is 127 Å². The molecule has 4 heterocycles. The molecule has 3 saturated heterocycles. The Morgan fingerprint density at radius 2 is 2.07 bits per heavy atom. The van der Waals surface area contributed by atoms with Crippen LogP contribution >= 0.6 is 0 Å². The highest BCUT2D eigenvalue weighted by atomic mass is 16.6. The van der Waals surface area contributed by atoms with Crippen molar-refractivity contribution in [1.82, 2.24) is 24.8 Å². The lowest BCUT2D eigenvalue weighted by Crippen LogP contribution is -2.59. The number of aliphatic hydroxyl groups is 1. The molecule has 2 amide bonds. The number of para-hydroxylation sites is 1. The highest BCUT2D eigenvalue weighted by molar-refractivity contribution is 5.98. The smallest absolute Gasteiger partial charge is 0.312 e. The number of likely N-dealkylation sites (tertiary alicyclic amines) is 1. The van der Waals surface area contributed by atoms with Crippen molar-refractivity contribution in [3.05, 3.63) is 49.6 Å². The number of fused-ring (bicyclic) bond motifs is 2. The fraction of sp³-hybridized carbons (Fsp3) is 0.567. The van der Waals surface area contributed by atoms with Crippen LogP contribution in [0.15, 0.2) is 49.6 Å². The van der Waals surface area contributed by atoms with Gasteiger partial charge >= 0.3 is 5.97 Å². The van der Waals surface area contributed by atoms with Gasteiger partial charge in [-0.2, -0.15) is 0 Å². The summed E-state index contributed by atoms with van der Waals surface area (Å²) in [5.41, 5.74) is 0.260. The van der Waals surface area contributed by atoms with Gasteiger partial charge in [0.1, 0.15) is 23.8 Å². The minimum absolute atomic E-state index is 0.0784. The van der Waals surface area contributed by atoms with Crippen LogP contribution in [-0.2, 0) is 30.5 Å². The van der Waals surface area contributed by atoms with Gasteiger partial charge in [0.15, 0.2) is 0 Å². The largest absolute Gasteiger partial charge is 0.465 e. The predicted octanol–water partition coefficient (Wildman–Crippen LogP) is 2.30. The lowest BCUT2D eigenvalue weighted by Gasteiger charge is -2.39. The summed E-state index contributed by atoms with van der Waals surface area (Å²) in [5.74, 6) is -2.72. The Morgan fingerprint density at radius 1 is 1.29 bits per heavy atom. The molecule has 0 aliphatic carbocycles. The first-order valence-electron chi connectivity index (χ1n) is 14.3. The SMILES string of the molecule is C=CCCOC(=O)[C@@H]1[C@@H]2CCC3(O2)C(C(=O)N(CC=C)Cn2nnc4ccccc42)N([C@@H](CO)CC(C)C)C(=O)[C@H]13. The summed E-state index contributed by atoms with van der Waals surface area (Å²) >= 11 is 0. The van der Waals surface area contributed by atoms with Crippen LogP contribution < -0.4 is 0 Å². The number of nitrogens with zero attached hydrogens (tertiary/aromatic N) is 5. The molecule has 3 aliphatic rings. The van der Waals surface area contributed by atoms with Gasteiger partial charge in [0.05, 0.1) is 42.7 Å². The molecular formula is C30H39N5O6. The molecule has 3 fully saturated rings. The first kappa shape index (κ1) is 28.9. The number of aliphatic hydroxyl groups excluding tert-OH is 1. The van der Waals surface area contributed by atoms with Gasteiger partial charge < -0.3 is 24.4 Å². The van der Waals surface area contributed by atoms with Crippen molar-refractivity contribution < 1.29 is 29.0 Å². The van der Waals surface area contributed by atoms with E-state index in [1.54, 1.807) is 21.7 Å². The zero-order valence-corrected chi connectivity index (χ0v) is 23.7. The van der Waals surface area contributed by atoms with Crippen LogP contribution in [0.3, 0.4) is 0 Å². The summed E-state index contributed by atoms with van der Waals surface area (Å²) in [5, 5.41) is 18.9. The van der Waals surface area contributed by atoms with E-state index in [4.69, 9.17) is 9.47 Å². The molecule has 2 bridgehead atoms. The molecule has 1 aromatic heterocycles. The molecule has 2 unspecified atom stereocenters. The number of hydrogen-bond acceptors (Lipinski definition) is 8. The van der Waals surface area contributed by atoms with Gasteiger partial charge in [-0.15, -0.1) is 18.3 Å². The fourth-order valence-corrected chi connectivity index (χ4v) is 6.92.